The lowest BCUT2D eigenvalue weighted by Gasteiger charge is -2.25. The van der Waals surface area contributed by atoms with E-state index in [1.165, 1.54) is 22.3 Å². The summed E-state index contributed by atoms with van der Waals surface area (Å²) in [6.45, 7) is 4.55. The molecule has 0 aliphatic heterocycles. The molecule has 0 radical (unpaired) electrons. The lowest BCUT2D eigenvalue weighted by Crippen LogP contribution is -2.16. The molecule has 2 aromatic carbocycles. The minimum Gasteiger partial charge on any atom is -0.392 e. The first-order chi connectivity index (χ1) is 9.16. The van der Waals surface area contributed by atoms with E-state index in [4.69, 9.17) is 0 Å². The zero-order chi connectivity index (χ0) is 13.5. The fraction of sp³-hybridized carbons (Fsp3) is 0.222. The molecule has 1 nitrogen and oxygen atoms in total. The van der Waals surface area contributed by atoms with Crippen molar-refractivity contribution < 1.29 is 5.11 Å². The maximum Gasteiger partial charge on any atom is 0.0691 e. The minimum absolute atomic E-state index is 0.0595. The van der Waals surface area contributed by atoms with E-state index in [1.807, 2.05) is 12.1 Å². The van der Waals surface area contributed by atoms with Gasteiger partial charge in [-0.05, 0) is 27.8 Å². The first kappa shape index (κ1) is 12.2. The number of benzene rings is 2. The molecule has 0 aromatic heterocycles. The summed E-state index contributed by atoms with van der Waals surface area (Å²) in [6, 6.07) is 18.8. The Morgan fingerprint density at radius 2 is 1.53 bits per heavy atom. The van der Waals surface area contributed by atoms with Crippen LogP contribution in [0.2, 0.25) is 0 Å². The Hall–Kier alpha value is -1.86. The van der Waals surface area contributed by atoms with Crippen LogP contribution in [0.4, 0.5) is 0 Å². The summed E-state index contributed by atoms with van der Waals surface area (Å²) in [6.07, 6.45) is 0. The molecule has 96 valence electrons. The zero-order valence-corrected chi connectivity index (χ0v) is 11.4. The molecule has 0 heterocycles. The second-order valence-electron chi connectivity index (χ2n) is 5.55. The van der Waals surface area contributed by atoms with E-state index >= 15 is 0 Å². The summed E-state index contributed by atoms with van der Waals surface area (Å²) in [5.41, 5.74) is 5.94. The Morgan fingerprint density at radius 1 is 0.895 bits per heavy atom. The molecule has 1 N–H and O–H groups in total. The van der Waals surface area contributed by atoms with Crippen LogP contribution in [0.25, 0.3) is 11.1 Å². The van der Waals surface area contributed by atoms with Crippen LogP contribution in [0.3, 0.4) is 0 Å². The standard InChI is InChI=1S/C18H18O/c1-18(2)16-11-7-6-10-14(16)15(12-19)17(18)13-8-4-3-5-9-13/h3-11,19H,12H2,1-2H3. The van der Waals surface area contributed by atoms with E-state index in [2.05, 4.69) is 56.3 Å². The average molecular weight is 250 g/mol. The Labute approximate surface area is 114 Å². The fourth-order valence-electron chi connectivity index (χ4n) is 3.24. The van der Waals surface area contributed by atoms with Crippen molar-refractivity contribution in [1.82, 2.24) is 0 Å². The predicted molar refractivity (Wildman–Crippen MR) is 79.8 cm³/mol. The normalized spacial score (nSPS) is 16.6. The first-order valence-electron chi connectivity index (χ1n) is 6.66. The van der Waals surface area contributed by atoms with Gasteiger partial charge < -0.3 is 5.11 Å². The Balaban J connectivity index is 2.29. The summed E-state index contributed by atoms with van der Waals surface area (Å²) in [5.74, 6) is 0. The molecule has 0 spiro atoms. The number of aliphatic hydroxyl groups is 1. The van der Waals surface area contributed by atoms with Crippen molar-refractivity contribution in [2.75, 3.05) is 6.61 Å². The third-order valence-corrected chi connectivity index (χ3v) is 4.07. The maximum absolute atomic E-state index is 9.82. The number of fused-ring (bicyclic) bond motifs is 1. The van der Waals surface area contributed by atoms with E-state index in [9.17, 15) is 5.11 Å². The van der Waals surface area contributed by atoms with Gasteiger partial charge in [-0.1, -0.05) is 68.4 Å². The van der Waals surface area contributed by atoms with Gasteiger partial charge in [0.15, 0.2) is 0 Å². The maximum atomic E-state index is 9.82. The molecule has 0 saturated carbocycles. The molecule has 0 bridgehead atoms. The number of hydrogen-bond acceptors (Lipinski definition) is 1. The smallest absolute Gasteiger partial charge is 0.0691 e. The van der Waals surface area contributed by atoms with Gasteiger partial charge in [-0.15, -0.1) is 0 Å². The second-order valence-corrected chi connectivity index (χ2v) is 5.55. The third kappa shape index (κ3) is 1.73. The molecule has 1 aliphatic rings. The van der Waals surface area contributed by atoms with Gasteiger partial charge in [0.25, 0.3) is 0 Å². The lowest BCUT2D eigenvalue weighted by molar-refractivity contribution is 0.350. The predicted octanol–water partition coefficient (Wildman–Crippen LogP) is 3.88. The van der Waals surface area contributed by atoms with Gasteiger partial charge in [-0.2, -0.15) is 0 Å². The van der Waals surface area contributed by atoms with Gasteiger partial charge in [0.05, 0.1) is 6.61 Å². The summed E-state index contributed by atoms with van der Waals surface area (Å²) < 4.78 is 0. The van der Waals surface area contributed by atoms with Crippen molar-refractivity contribution in [3.63, 3.8) is 0 Å². The highest BCUT2D eigenvalue weighted by Gasteiger charge is 2.37. The van der Waals surface area contributed by atoms with Crippen molar-refractivity contribution in [3.8, 4) is 0 Å². The van der Waals surface area contributed by atoms with Crippen LogP contribution in [-0.4, -0.2) is 11.7 Å². The van der Waals surface area contributed by atoms with Gasteiger partial charge in [-0.3, -0.25) is 0 Å². The van der Waals surface area contributed by atoms with E-state index in [0.717, 1.165) is 5.57 Å². The summed E-state index contributed by atoms with van der Waals surface area (Å²) in [5, 5.41) is 9.82. The summed E-state index contributed by atoms with van der Waals surface area (Å²) in [4.78, 5) is 0. The highest BCUT2D eigenvalue weighted by Crippen LogP contribution is 2.50. The van der Waals surface area contributed by atoms with Gasteiger partial charge >= 0.3 is 0 Å². The number of allylic oxidation sites excluding steroid dienone is 1. The molecular weight excluding hydrogens is 232 g/mol. The minimum atomic E-state index is -0.0595. The lowest BCUT2D eigenvalue weighted by atomic mass is 9.78. The largest absolute Gasteiger partial charge is 0.392 e. The van der Waals surface area contributed by atoms with Crippen LogP contribution in [-0.2, 0) is 5.41 Å². The van der Waals surface area contributed by atoms with Gasteiger partial charge in [0.2, 0.25) is 0 Å². The molecule has 0 fully saturated rings. The topological polar surface area (TPSA) is 20.2 Å². The van der Waals surface area contributed by atoms with E-state index in [-0.39, 0.29) is 12.0 Å². The van der Waals surface area contributed by atoms with Crippen LogP contribution < -0.4 is 0 Å². The Bertz CT molecular complexity index is 636. The molecule has 0 unspecified atom stereocenters. The molecule has 0 amide bonds. The van der Waals surface area contributed by atoms with E-state index in [0.29, 0.717) is 0 Å². The number of rotatable bonds is 2. The van der Waals surface area contributed by atoms with Crippen molar-refractivity contribution >= 4 is 11.1 Å². The van der Waals surface area contributed by atoms with Crippen LogP contribution >= 0.6 is 0 Å². The monoisotopic (exact) mass is 250 g/mol. The van der Waals surface area contributed by atoms with Crippen molar-refractivity contribution in [3.05, 3.63) is 71.3 Å². The Kier molecular flexibility index (Phi) is 2.79. The van der Waals surface area contributed by atoms with Gasteiger partial charge in [0, 0.05) is 5.41 Å². The van der Waals surface area contributed by atoms with Crippen LogP contribution in [0.15, 0.2) is 54.6 Å². The third-order valence-electron chi connectivity index (χ3n) is 4.07. The van der Waals surface area contributed by atoms with Crippen molar-refractivity contribution in [1.29, 1.82) is 0 Å². The van der Waals surface area contributed by atoms with Crippen molar-refractivity contribution in [2.24, 2.45) is 0 Å². The molecule has 3 rings (SSSR count). The highest BCUT2D eigenvalue weighted by molar-refractivity contribution is 6.01. The fourth-order valence-corrected chi connectivity index (χ4v) is 3.24. The molecular formula is C18H18O. The van der Waals surface area contributed by atoms with E-state index < -0.39 is 0 Å². The SMILES string of the molecule is CC1(C)C(c2ccccc2)=C(CO)c2ccccc21. The van der Waals surface area contributed by atoms with Crippen LogP contribution in [0.1, 0.15) is 30.5 Å². The molecule has 1 aliphatic carbocycles. The summed E-state index contributed by atoms with van der Waals surface area (Å²) >= 11 is 0. The number of hydrogen-bond donors (Lipinski definition) is 1. The second kappa shape index (κ2) is 4.36. The van der Waals surface area contributed by atoms with Crippen LogP contribution in [0, 0.1) is 0 Å². The van der Waals surface area contributed by atoms with Gasteiger partial charge in [-0.25, -0.2) is 0 Å². The average Bonchev–Trinajstić information content (AvgIpc) is 2.68. The van der Waals surface area contributed by atoms with Crippen molar-refractivity contribution in [2.45, 2.75) is 19.3 Å². The van der Waals surface area contributed by atoms with Crippen LogP contribution in [0.5, 0.6) is 0 Å². The molecule has 0 atom stereocenters. The molecule has 2 aromatic rings. The van der Waals surface area contributed by atoms with Gasteiger partial charge in [0.1, 0.15) is 0 Å². The molecule has 1 heteroatoms. The first-order valence-corrected chi connectivity index (χ1v) is 6.66. The highest BCUT2D eigenvalue weighted by atomic mass is 16.3. The molecule has 19 heavy (non-hydrogen) atoms. The number of aliphatic hydroxyl groups excluding tert-OH is 1. The summed E-state index contributed by atoms with van der Waals surface area (Å²) in [7, 11) is 0. The Morgan fingerprint density at radius 3 is 2.21 bits per heavy atom. The molecule has 0 saturated heterocycles. The van der Waals surface area contributed by atoms with E-state index in [1.54, 1.807) is 0 Å². The zero-order valence-electron chi connectivity index (χ0n) is 11.4. The quantitative estimate of drug-likeness (QED) is 0.857.